The number of para-hydroxylation sites is 1. The number of benzene rings is 1. The van der Waals surface area contributed by atoms with Crippen molar-refractivity contribution in [2.24, 2.45) is 4.99 Å². The molecule has 3 rings (SSSR count). The number of nitrogens with one attached hydrogen (secondary N) is 1. The van der Waals surface area contributed by atoms with Gasteiger partial charge in [0.2, 0.25) is 0 Å². The SMILES string of the molecule is CCNC(=NCC1Cc2ccccc2O1)N1CC[C@@H](O)C1.I. The lowest BCUT2D eigenvalue weighted by Crippen LogP contribution is -2.41. The molecule has 0 aromatic heterocycles. The number of likely N-dealkylation sites (tertiary alicyclic amines) is 1. The predicted molar refractivity (Wildman–Crippen MR) is 98.2 cm³/mol. The van der Waals surface area contributed by atoms with Crippen LogP contribution in [0.5, 0.6) is 5.75 Å². The fraction of sp³-hybridized carbons (Fsp3) is 0.562. The molecule has 1 unspecified atom stereocenters. The smallest absolute Gasteiger partial charge is 0.194 e. The van der Waals surface area contributed by atoms with Gasteiger partial charge in [-0.05, 0) is 25.0 Å². The first-order chi connectivity index (χ1) is 10.3. The molecule has 6 heteroatoms. The standard InChI is InChI=1S/C16H23N3O2.HI/c1-2-17-16(19-8-7-13(20)11-19)18-10-14-9-12-5-3-4-6-15(12)21-14;/h3-6,13-14,20H,2,7-11H2,1H3,(H,17,18);1H/t13-,14?;/m1./s1. The summed E-state index contributed by atoms with van der Waals surface area (Å²) in [6.07, 6.45) is 1.61. The fourth-order valence-corrected chi connectivity index (χ4v) is 2.90. The summed E-state index contributed by atoms with van der Waals surface area (Å²) in [5.74, 6) is 1.87. The van der Waals surface area contributed by atoms with Crippen LogP contribution in [0.2, 0.25) is 0 Å². The maximum Gasteiger partial charge on any atom is 0.194 e. The highest BCUT2D eigenvalue weighted by Gasteiger charge is 2.25. The highest BCUT2D eigenvalue weighted by Crippen LogP contribution is 2.28. The van der Waals surface area contributed by atoms with Gasteiger partial charge in [0.15, 0.2) is 5.96 Å². The summed E-state index contributed by atoms with van der Waals surface area (Å²) in [6, 6.07) is 8.17. The molecule has 2 aliphatic rings. The molecule has 2 aliphatic heterocycles. The van der Waals surface area contributed by atoms with Gasteiger partial charge < -0.3 is 20.1 Å². The van der Waals surface area contributed by atoms with E-state index >= 15 is 0 Å². The molecule has 1 aromatic carbocycles. The molecule has 0 spiro atoms. The van der Waals surface area contributed by atoms with Gasteiger partial charge in [-0.2, -0.15) is 0 Å². The molecule has 0 bridgehead atoms. The Morgan fingerprint density at radius 3 is 2.95 bits per heavy atom. The van der Waals surface area contributed by atoms with Crippen molar-refractivity contribution in [3.63, 3.8) is 0 Å². The third-order valence-corrected chi connectivity index (χ3v) is 3.96. The number of aliphatic hydroxyl groups excluding tert-OH is 1. The van der Waals surface area contributed by atoms with E-state index in [0.717, 1.165) is 37.6 Å². The van der Waals surface area contributed by atoms with Gasteiger partial charge in [0.1, 0.15) is 11.9 Å². The summed E-state index contributed by atoms with van der Waals surface area (Å²) < 4.78 is 5.92. The van der Waals surface area contributed by atoms with E-state index in [0.29, 0.717) is 13.1 Å². The second-order valence-electron chi connectivity index (χ2n) is 5.63. The van der Waals surface area contributed by atoms with E-state index in [1.165, 1.54) is 5.56 Å². The van der Waals surface area contributed by atoms with Crippen LogP contribution in [0.1, 0.15) is 18.9 Å². The monoisotopic (exact) mass is 417 g/mol. The van der Waals surface area contributed by atoms with E-state index in [1.54, 1.807) is 0 Å². The summed E-state index contributed by atoms with van der Waals surface area (Å²) in [5, 5.41) is 13.0. The average Bonchev–Trinajstić information content (AvgIpc) is 3.09. The van der Waals surface area contributed by atoms with Gasteiger partial charge in [0.05, 0.1) is 12.6 Å². The second kappa shape index (κ2) is 8.01. The minimum absolute atomic E-state index is 0. The number of halogens is 1. The van der Waals surface area contributed by atoms with Gasteiger partial charge in [0, 0.05) is 26.1 Å². The molecule has 122 valence electrons. The van der Waals surface area contributed by atoms with Crippen molar-refractivity contribution in [2.75, 3.05) is 26.2 Å². The van der Waals surface area contributed by atoms with Crippen molar-refractivity contribution in [3.8, 4) is 5.75 Å². The maximum absolute atomic E-state index is 9.67. The van der Waals surface area contributed by atoms with Crippen LogP contribution in [0, 0.1) is 0 Å². The first-order valence-corrected chi connectivity index (χ1v) is 7.72. The lowest BCUT2D eigenvalue weighted by Gasteiger charge is -2.21. The molecular formula is C16H24IN3O2. The quantitative estimate of drug-likeness (QED) is 0.446. The van der Waals surface area contributed by atoms with E-state index < -0.39 is 0 Å². The molecular weight excluding hydrogens is 393 g/mol. The zero-order valence-corrected chi connectivity index (χ0v) is 15.2. The number of guanidine groups is 1. The highest BCUT2D eigenvalue weighted by molar-refractivity contribution is 14.0. The van der Waals surface area contributed by atoms with Crippen LogP contribution in [0.4, 0.5) is 0 Å². The van der Waals surface area contributed by atoms with Crippen LogP contribution in [0.3, 0.4) is 0 Å². The Hall–Kier alpha value is -1.02. The van der Waals surface area contributed by atoms with Crippen molar-refractivity contribution in [1.82, 2.24) is 10.2 Å². The summed E-state index contributed by atoms with van der Waals surface area (Å²) >= 11 is 0. The molecule has 1 aromatic rings. The largest absolute Gasteiger partial charge is 0.488 e. The molecule has 1 fully saturated rings. The topological polar surface area (TPSA) is 57.1 Å². The molecule has 2 atom stereocenters. The van der Waals surface area contributed by atoms with E-state index in [9.17, 15) is 5.11 Å². The molecule has 0 aliphatic carbocycles. The maximum atomic E-state index is 9.67. The molecule has 0 radical (unpaired) electrons. The number of ether oxygens (including phenoxy) is 1. The molecule has 2 heterocycles. The van der Waals surface area contributed by atoms with Gasteiger partial charge >= 0.3 is 0 Å². The third-order valence-electron chi connectivity index (χ3n) is 3.96. The molecule has 5 nitrogen and oxygen atoms in total. The third kappa shape index (κ3) is 4.04. The highest BCUT2D eigenvalue weighted by atomic mass is 127. The Morgan fingerprint density at radius 2 is 2.27 bits per heavy atom. The van der Waals surface area contributed by atoms with E-state index in [2.05, 4.69) is 23.2 Å². The van der Waals surface area contributed by atoms with Gasteiger partial charge in [-0.15, -0.1) is 24.0 Å². The number of aliphatic imine (C=N–C) groups is 1. The van der Waals surface area contributed by atoms with Gasteiger partial charge in [-0.3, -0.25) is 0 Å². The summed E-state index contributed by atoms with van der Waals surface area (Å²) in [5.41, 5.74) is 1.26. The fourth-order valence-electron chi connectivity index (χ4n) is 2.90. The van der Waals surface area contributed by atoms with Crippen molar-refractivity contribution in [3.05, 3.63) is 29.8 Å². The zero-order valence-electron chi connectivity index (χ0n) is 12.9. The van der Waals surface area contributed by atoms with Gasteiger partial charge in [-0.25, -0.2) is 4.99 Å². The minimum Gasteiger partial charge on any atom is -0.488 e. The first kappa shape index (κ1) is 17.3. The predicted octanol–water partition coefficient (Wildman–Crippen LogP) is 1.64. The zero-order chi connectivity index (χ0) is 14.7. The lowest BCUT2D eigenvalue weighted by atomic mass is 10.1. The second-order valence-corrected chi connectivity index (χ2v) is 5.63. The number of hydrogen-bond donors (Lipinski definition) is 2. The van der Waals surface area contributed by atoms with E-state index in [-0.39, 0.29) is 36.2 Å². The van der Waals surface area contributed by atoms with Crippen LogP contribution >= 0.6 is 24.0 Å². The van der Waals surface area contributed by atoms with Crippen molar-refractivity contribution in [2.45, 2.75) is 32.0 Å². The molecule has 1 saturated heterocycles. The van der Waals surface area contributed by atoms with Crippen LogP contribution in [-0.2, 0) is 6.42 Å². The van der Waals surface area contributed by atoms with Crippen LogP contribution in [0.15, 0.2) is 29.3 Å². The Bertz CT molecular complexity index is 499. The molecule has 0 amide bonds. The molecule has 2 N–H and O–H groups in total. The number of rotatable bonds is 3. The van der Waals surface area contributed by atoms with Crippen LogP contribution in [-0.4, -0.2) is 54.4 Å². The lowest BCUT2D eigenvalue weighted by molar-refractivity contribution is 0.187. The van der Waals surface area contributed by atoms with Crippen LogP contribution in [0.25, 0.3) is 0 Å². The number of hydrogen-bond acceptors (Lipinski definition) is 3. The Balaban J connectivity index is 0.00000176. The Kier molecular flexibility index (Phi) is 6.31. The summed E-state index contributed by atoms with van der Waals surface area (Å²) in [4.78, 5) is 6.81. The van der Waals surface area contributed by atoms with Crippen molar-refractivity contribution >= 4 is 29.9 Å². The van der Waals surface area contributed by atoms with Crippen molar-refractivity contribution < 1.29 is 9.84 Å². The number of aliphatic hydroxyl groups is 1. The summed E-state index contributed by atoms with van der Waals surface area (Å²) in [7, 11) is 0. The van der Waals surface area contributed by atoms with E-state index in [1.807, 2.05) is 18.2 Å². The first-order valence-electron chi connectivity index (χ1n) is 7.72. The van der Waals surface area contributed by atoms with E-state index in [4.69, 9.17) is 9.73 Å². The Morgan fingerprint density at radius 1 is 1.45 bits per heavy atom. The van der Waals surface area contributed by atoms with Crippen LogP contribution < -0.4 is 10.1 Å². The molecule has 22 heavy (non-hydrogen) atoms. The molecule has 0 saturated carbocycles. The number of nitrogens with zero attached hydrogens (tertiary/aromatic N) is 2. The minimum atomic E-state index is -0.235. The summed E-state index contributed by atoms with van der Waals surface area (Å²) in [6.45, 7) is 5.06. The van der Waals surface area contributed by atoms with Crippen molar-refractivity contribution in [1.29, 1.82) is 0 Å². The Labute approximate surface area is 148 Å². The number of fused-ring (bicyclic) bond motifs is 1. The average molecular weight is 417 g/mol. The van der Waals surface area contributed by atoms with Gasteiger partial charge in [-0.1, -0.05) is 18.2 Å². The van der Waals surface area contributed by atoms with Gasteiger partial charge in [0.25, 0.3) is 0 Å². The number of β-amino-alcohol motifs (C(OH)–C–C–N with tert-alkyl or cyclic N) is 1. The normalized spacial score (nSPS) is 23.7.